The summed E-state index contributed by atoms with van der Waals surface area (Å²) in [6, 6.07) is 9.27. The van der Waals surface area contributed by atoms with Crippen LogP contribution in [0.15, 0.2) is 30.3 Å². The fraction of sp³-hybridized carbons (Fsp3) is 0.435. The zero-order chi connectivity index (χ0) is 21.8. The molecule has 0 saturated carbocycles. The highest BCUT2D eigenvalue weighted by Crippen LogP contribution is 2.24. The lowest BCUT2D eigenvalue weighted by Gasteiger charge is -2.29. The molecule has 0 radical (unpaired) electrons. The first-order valence-electron chi connectivity index (χ1n) is 10.6. The normalized spacial score (nSPS) is 17.8. The van der Waals surface area contributed by atoms with E-state index < -0.39 is 0 Å². The van der Waals surface area contributed by atoms with Crippen LogP contribution < -0.4 is 15.8 Å². The Morgan fingerprint density at radius 1 is 1.35 bits per heavy atom. The van der Waals surface area contributed by atoms with Crippen molar-refractivity contribution in [2.24, 2.45) is 0 Å². The number of nitrogen functional groups attached to an aromatic ring is 1. The summed E-state index contributed by atoms with van der Waals surface area (Å²) >= 11 is 0. The fourth-order valence-corrected chi connectivity index (χ4v) is 4.07. The van der Waals surface area contributed by atoms with Crippen LogP contribution in [0.4, 0.5) is 5.82 Å². The third-order valence-corrected chi connectivity index (χ3v) is 5.81. The van der Waals surface area contributed by atoms with Gasteiger partial charge in [0.15, 0.2) is 0 Å². The number of aromatic nitrogens is 1. The maximum absolute atomic E-state index is 12.8. The molecule has 0 unspecified atom stereocenters. The van der Waals surface area contributed by atoms with Crippen LogP contribution in [0.3, 0.4) is 0 Å². The highest BCUT2D eigenvalue weighted by Gasteiger charge is 2.27. The van der Waals surface area contributed by atoms with Crippen LogP contribution in [0, 0.1) is 0 Å². The minimum Gasteiger partial charge on any atom is -0.497 e. The molecule has 8 heteroatoms. The molecule has 1 fully saturated rings. The topological polar surface area (TPSA) is 107 Å². The van der Waals surface area contributed by atoms with Crippen molar-refractivity contribution in [3.05, 3.63) is 52.7 Å². The second-order valence-corrected chi connectivity index (χ2v) is 7.97. The van der Waals surface area contributed by atoms with Gasteiger partial charge in [0.1, 0.15) is 11.6 Å². The summed E-state index contributed by atoms with van der Waals surface area (Å²) < 4.78 is 10.8. The smallest absolute Gasteiger partial charge is 0.255 e. The SMILES string of the molecule is COc1cccc(CNC(=O)c2cc3c(nc2N)CCN(C(=O)C[C@H]2CCCO2)C3)c1. The number of nitrogens with two attached hydrogens (primary N) is 1. The summed E-state index contributed by atoms with van der Waals surface area (Å²) in [5, 5.41) is 2.88. The zero-order valence-electron chi connectivity index (χ0n) is 17.7. The average Bonchev–Trinajstić information content (AvgIpc) is 3.29. The Kier molecular flexibility index (Phi) is 6.36. The number of benzene rings is 1. The Morgan fingerprint density at radius 3 is 3.00 bits per heavy atom. The van der Waals surface area contributed by atoms with Crippen molar-refractivity contribution in [1.29, 1.82) is 0 Å². The van der Waals surface area contributed by atoms with Crippen molar-refractivity contribution < 1.29 is 19.1 Å². The van der Waals surface area contributed by atoms with Crippen molar-refractivity contribution in [2.75, 3.05) is 26.0 Å². The van der Waals surface area contributed by atoms with Gasteiger partial charge in [0.2, 0.25) is 5.91 Å². The maximum Gasteiger partial charge on any atom is 0.255 e. The molecule has 2 aromatic rings. The highest BCUT2D eigenvalue weighted by atomic mass is 16.5. The van der Waals surface area contributed by atoms with Gasteiger partial charge in [-0.05, 0) is 42.2 Å². The van der Waals surface area contributed by atoms with Crippen molar-refractivity contribution in [1.82, 2.24) is 15.2 Å². The number of hydrogen-bond acceptors (Lipinski definition) is 6. The molecule has 1 atom stereocenters. The van der Waals surface area contributed by atoms with Crippen LogP contribution >= 0.6 is 0 Å². The number of amides is 2. The molecule has 1 aromatic heterocycles. The molecule has 8 nitrogen and oxygen atoms in total. The minimum absolute atomic E-state index is 0.0244. The Morgan fingerprint density at radius 2 is 2.23 bits per heavy atom. The fourth-order valence-electron chi connectivity index (χ4n) is 4.07. The number of nitrogens with one attached hydrogen (secondary N) is 1. The number of carbonyl (C=O) groups is 2. The van der Waals surface area contributed by atoms with Gasteiger partial charge >= 0.3 is 0 Å². The van der Waals surface area contributed by atoms with Gasteiger partial charge < -0.3 is 25.4 Å². The summed E-state index contributed by atoms with van der Waals surface area (Å²) in [6.07, 6.45) is 3.01. The number of methoxy groups -OCH3 is 1. The number of carbonyl (C=O) groups excluding carboxylic acids is 2. The number of rotatable bonds is 6. The number of nitrogens with zero attached hydrogens (tertiary/aromatic N) is 2. The zero-order valence-corrected chi connectivity index (χ0v) is 17.7. The molecule has 1 aromatic carbocycles. The van der Waals surface area contributed by atoms with Gasteiger partial charge in [-0.25, -0.2) is 4.98 Å². The van der Waals surface area contributed by atoms with E-state index in [-0.39, 0.29) is 23.7 Å². The van der Waals surface area contributed by atoms with Gasteiger partial charge in [-0.3, -0.25) is 9.59 Å². The molecule has 2 amide bonds. The second-order valence-electron chi connectivity index (χ2n) is 7.97. The first-order valence-corrected chi connectivity index (χ1v) is 10.6. The van der Waals surface area contributed by atoms with E-state index in [9.17, 15) is 9.59 Å². The molecule has 31 heavy (non-hydrogen) atoms. The summed E-state index contributed by atoms with van der Waals surface area (Å²) in [5.41, 5.74) is 9.04. The van der Waals surface area contributed by atoms with Gasteiger partial charge in [-0.1, -0.05) is 12.1 Å². The lowest BCUT2D eigenvalue weighted by molar-refractivity contribution is -0.134. The first-order chi connectivity index (χ1) is 15.0. The van der Waals surface area contributed by atoms with Gasteiger partial charge in [0, 0.05) is 38.4 Å². The van der Waals surface area contributed by atoms with Gasteiger partial charge in [-0.2, -0.15) is 0 Å². The number of fused-ring (bicyclic) bond motifs is 1. The highest BCUT2D eigenvalue weighted by molar-refractivity contribution is 5.98. The predicted octanol–water partition coefficient (Wildman–Crippen LogP) is 2.06. The maximum atomic E-state index is 12.8. The van der Waals surface area contributed by atoms with E-state index in [1.807, 2.05) is 29.2 Å². The molecule has 0 bridgehead atoms. The number of hydrogen-bond donors (Lipinski definition) is 2. The third kappa shape index (κ3) is 4.96. The minimum atomic E-state index is -0.293. The predicted molar refractivity (Wildman–Crippen MR) is 116 cm³/mol. The van der Waals surface area contributed by atoms with E-state index in [0.717, 1.165) is 42.0 Å². The van der Waals surface area contributed by atoms with Crippen molar-refractivity contribution in [3.8, 4) is 5.75 Å². The molecule has 0 spiro atoms. The van der Waals surface area contributed by atoms with Gasteiger partial charge in [0.25, 0.3) is 5.91 Å². The Hall–Kier alpha value is -3.13. The van der Waals surface area contributed by atoms with Crippen LogP contribution in [0.25, 0.3) is 0 Å². The monoisotopic (exact) mass is 424 g/mol. The molecular weight excluding hydrogens is 396 g/mol. The summed E-state index contributed by atoms with van der Waals surface area (Å²) in [7, 11) is 1.60. The molecule has 1 saturated heterocycles. The average molecular weight is 425 g/mol. The lowest BCUT2D eigenvalue weighted by Crippen LogP contribution is -2.38. The third-order valence-electron chi connectivity index (χ3n) is 5.81. The molecule has 2 aliphatic rings. The van der Waals surface area contributed by atoms with E-state index in [2.05, 4.69) is 10.3 Å². The van der Waals surface area contributed by atoms with E-state index in [1.54, 1.807) is 13.2 Å². The van der Waals surface area contributed by atoms with E-state index in [0.29, 0.717) is 38.0 Å². The van der Waals surface area contributed by atoms with Crippen LogP contribution in [0.1, 0.15) is 46.4 Å². The Labute approximate surface area is 181 Å². The van der Waals surface area contributed by atoms with Crippen molar-refractivity contribution >= 4 is 17.6 Å². The van der Waals surface area contributed by atoms with Crippen molar-refractivity contribution in [3.63, 3.8) is 0 Å². The number of pyridine rings is 1. The van der Waals surface area contributed by atoms with Crippen LogP contribution in [-0.2, 0) is 29.0 Å². The molecular formula is C23H28N4O4. The molecule has 3 N–H and O–H groups in total. The van der Waals surface area contributed by atoms with Crippen LogP contribution in [0.5, 0.6) is 5.75 Å². The van der Waals surface area contributed by atoms with Crippen LogP contribution in [-0.4, -0.2) is 48.1 Å². The number of anilines is 1. The number of ether oxygens (including phenoxy) is 2. The molecule has 164 valence electrons. The first kappa shape index (κ1) is 21.1. The summed E-state index contributed by atoms with van der Waals surface area (Å²) in [5.74, 6) is 0.729. The van der Waals surface area contributed by atoms with E-state index >= 15 is 0 Å². The lowest BCUT2D eigenvalue weighted by atomic mass is 10.0. The van der Waals surface area contributed by atoms with Crippen molar-refractivity contribution in [2.45, 2.75) is 44.9 Å². The summed E-state index contributed by atoms with van der Waals surface area (Å²) in [6.45, 7) is 2.12. The standard InChI is InChI=1S/C23H28N4O4/c1-30-17-5-2-4-15(10-17)13-25-23(29)19-11-16-14-27(8-7-20(16)26-22(19)24)21(28)12-18-6-3-9-31-18/h2,4-5,10-11,18H,3,6-9,12-14H2,1H3,(H2,24,26)(H,25,29)/t18-/m1/s1. The Balaban J connectivity index is 1.42. The summed E-state index contributed by atoms with van der Waals surface area (Å²) in [4.78, 5) is 31.7. The second kappa shape index (κ2) is 9.34. The van der Waals surface area contributed by atoms with E-state index in [4.69, 9.17) is 15.2 Å². The van der Waals surface area contributed by atoms with Gasteiger partial charge in [-0.15, -0.1) is 0 Å². The van der Waals surface area contributed by atoms with Crippen LogP contribution in [0.2, 0.25) is 0 Å². The molecule has 3 heterocycles. The quantitative estimate of drug-likeness (QED) is 0.735. The molecule has 0 aliphatic carbocycles. The molecule has 4 rings (SSSR count). The van der Waals surface area contributed by atoms with E-state index in [1.165, 1.54) is 0 Å². The largest absolute Gasteiger partial charge is 0.497 e. The van der Waals surface area contributed by atoms with Gasteiger partial charge in [0.05, 0.1) is 25.2 Å². The molecule has 2 aliphatic heterocycles. The Bertz CT molecular complexity index is 972.